The summed E-state index contributed by atoms with van der Waals surface area (Å²) in [6.45, 7) is 6.45. The van der Waals surface area contributed by atoms with Crippen molar-refractivity contribution in [3.63, 3.8) is 0 Å². The number of hydrogen-bond acceptors (Lipinski definition) is 1. The Balaban J connectivity index is 2.00. The lowest BCUT2D eigenvalue weighted by Gasteiger charge is -2.22. The highest BCUT2D eigenvalue weighted by Gasteiger charge is 2.61. The highest BCUT2D eigenvalue weighted by atomic mass is 15.0. The van der Waals surface area contributed by atoms with Crippen molar-refractivity contribution in [2.24, 2.45) is 4.99 Å². The number of nitrogens with zero attached hydrogens (tertiary/aromatic N) is 1. The molecule has 1 aliphatic carbocycles. The molecule has 0 radical (unpaired) electrons. The van der Waals surface area contributed by atoms with Gasteiger partial charge in [-0.1, -0.05) is 48.6 Å². The van der Waals surface area contributed by atoms with Crippen molar-refractivity contribution < 1.29 is 0 Å². The molecule has 2 heterocycles. The van der Waals surface area contributed by atoms with Crippen LogP contribution < -0.4 is 0 Å². The molecule has 1 spiro atoms. The monoisotopic (exact) mass is 233 g/mol. The van der Waals surface area contributed by atoms with Crippen LogP contribution in [0, 0.1) is 0 Å². The highest BCUT2D eigenvalue weighted by molar-refractivity contribution is 6.12. The molecule has 1 saturated carbocycles. The molecule has 0 aromatic heterocycles. The van der Waals surface area contributed by atoms with Crippen molar-refractivity contribution >= 4 is 5.71 Å². The summed E-state index contributed by atoms with van der Waals surface area (Å²) >= 11 is 0. The van der Waals surface area contributed by atoms with Gasteiger partial charge < -0.3 is 0 Å². The fourth-order valence-electron chi connectivity index (χ4n) is 3.44. The van der Waals surface area contributed by atoms with Crippen molar-refractivity contribution in [3.05, 3.63) is 71.3 Å². The molecule has 1 nitrogen and oxygen atoms in total. The fourth-order valence-corrected chi connectivity index (χ4v) is 3.44. The van der Waals surface area contributed by atoms with Crippen LogP contribution in [0.3, 0.4) is 0 Å². The number of benzene rings is 1. The predicted molar refractivity (Wildman–Crippen MR) is 75.1 cm³/mol. The van der Waals surface area contributed by atoms with E-state index >= 15 is 0 Å². The molecule has 2 aliphatic heterocycles. The lowest BCUT2D eigenvalue weighted by atomic mass is 9.89. The molecular weight excluding hydrogens is 218 g/mol. The molecule has 4 rings (SSSR count). The second-order valence-electron chi connectivity index (χ2n) is 5.52. The molecule has 18 heavy (non-hydrogen) atoms. The van der Waals surface area contributed by atoms with Crippen LogP contribution in [0.2, 0.25) is 0 Å². The molecule has 1 fully saturated rings. The minimum Gasteiger partial charge on any atom is -0.272 e. The van der Waals surface area contributed by atoms with Crippen LogP contribution in [0.1, 0.15) is 30.4 Å². The zero-order valence-electron chi connectivity index (χ0n) is 10.5. The van der Waals surface area contributed by atoms with E-state index < -0.39 is 0 Å². The van der Waals surface area contributed by atoms with Crippen molar-refractivity contribution in [1.29, 1.82) is 0 Å². The van der Waals surface area contributed by atoms with Crippen molar-refractivity contribution in [3.8, 4) is 0 Å². The Hall–Kier alpha value is -1.89. The topological polar surface area (TPSA) is 12.4 Å². The second kappa shape index (κ2) is 3.11. The van der Waals surface area contributed by atoms with E-state index in [2.05, 4.69) is 56.0 Å². The molecule has 1 aromatic rings. The first kappa shape index (κ1) is 10.1. The summed E-state index contributed by atoms with van der Waals surface area (Å²) < 4.78 is 0. The number of hydrogen-bond donors (Lipinski definition) is 0. The molecule has 1 aromatic carbocycles. The van der Waals surface area contributed by atoms with Crippen LogP contribution in [0.15, 0.2) is 65.2 Å². The van der Waals surface area contributed by atoms with E-state index in [1.54, 1.807) is 0 Å². The van der Waals surface area contributed by atoms with Crippen LogP contribution in [-0.4, -0.2) is 11.3 Å². The molecule has 2 bridgehead atoms. The van der Waals surface area contributed by atoms with Crippen molar-refractivity contribution in [2.45, 2.75) is 24.8 Å². The van der Waals surface area contributed by atoms with Crippen LogP contribution in [0.25, 0.3) is 0 Å². The van der Waals surface area contributed by atoms with E-state index in [1.807, 2.05) is 0 Å². The molecule has 0 amide bonds. The third-order valence-electron chi connectivity index (χ3n) is 4.35. The van der Waals surface area contributed by atoms with E-state index in [0.29, 0.717) is 5.92 Å². The van der Waals surface area contributed by atoms with E-state index in [0.717, 1.165) is 12.1 Å². The second-order valence-corrected chi connectivity index (χ2v) is 5.52. The van der Waals surface area contributed by atoms with E-state index in [4.69, 9.17) is 4.99 Å². The first-order valence-corrected chi connectivity index (χ1v) is 6.45. The largest absolute Gasteiger partial charge is 0.272 e. The Labute approximate surface area is 107 Å². The van der Waals surface area contributed by atoms with Gasteiger partial charge in [0.1, 0.15) is 0 Å². The highest BCUT2D eigenvalue weighted by Crippen LogP contribution is 2.64. The van der Waals surface area contributed by atoms with Gasteiger partial charge in [-0.3, -0.25) is 4.99 Å². The molecule has 88 valence electrons. The Bertz CT molecular complexity index is 660. The lowest BCUT2D eigenvalue weighted by molar-refractivity contribution is 0.652. The van der Waals surface area contributed by atoms with E-state index in [9.17, 15) is 0 Å². The Morgan fingerprint density at radius 1 is 1.33 bits per heavy atom. The van der Waals surface area contributed by atoms with Crippen molar-refractivity contribution in [2.75, 3.05) is 0 Å². The fraction of sp³-hybridized carbons (Fsp3) is 0.235. The third kappa shape index (κ3) is 1.09. The van der Waals surface area contributed by atoms with Gasteiger partial charge in [0, 0.05) is 11.5 Å². The SMILES string of the molecule is C=C1C2c3ccccc3C3=NC12C/C(C)=C\C=C/3. The minimum atomic E-state index is -0.0327. The molecule has 1 heteroatoms. The quantitative estimate of drug-likeness (QED) is 0.605. The van der Waals surface area contributed by atoms with Crippen LogP contribution in [0.4, 0.5) is 0 Å². The van der Waals surface area contributed by atoms with Gasteiger partial charge in [-0.2, -0.15) is 0 Å². The maximum atomic E-state index is 5.01. The van der Waals surface area contributed by atoms with Gasteiger partial charge in [-0.05, 0) is 30.6 Å². The van der Waals surface area contributed by atoms with Gasteiger partial charge in [0.15, 0.2) is 0 Å². The lowest BCUT2D eigenvalue weighted by Crippen LogP contribution is -2.20. The van der Waals surface area contributed by atoms with Crippen molar-refractivity contribution in [1.82, 2.24) is 0 Å². The summed E-state index contributed by atoms with van der Waals surface area (Å²) in [4.78, 5) is 5.01. The standard InChI is InChI=1S/C17H15N/c1-11-6-5-9-15-13-7-3-4-8-14(13)16-12(2)17(16,10-11)18-15/h3-9,16H,2,10H2,1H3/b9-5-,11-6-. The maximum Gasteiger partial charge on any atom is 0.0971 e. The summed E-state index contributed by atoms with van der Waals surface area (Å²) in [6.07, 6.45) is 7.46. The summed E-state index contributed by atoms with van der Waals surface area (Å²) in [6, 6.07) is 8.62. The molecule has 2 atom stereocenters. The Kier molecular flexibility index (Phi) is 1.74. The first-order chi connectivity index (χ1) is 8.72. The molecule has 3 aliphatic rings. The van der Waals surface area contributed by atoms with Gasteiger partial charge in [0.05, 0.1) is 11.3 Å². The summed E-state index contributed by atoms with van der Waals surface area (Å²) in [7, 11) is 0. The molecule has 0 saturated heterocycles. The summed E-state index contributed by atoms with van der Waals surface area (Å²) in [5.74, 6) is 0.437. The molecule has 2 unspecified atom stereocenters. The Morgan fingerprint density at radius 3 is 3.06 bits per heavy atom. The Morgan fingerprint density at radius 2 is 2.17 bits per heavy atom. The average Bonchev–Trinajstić information content (AvgIpc) is 2.93. The van der Waals surface area contributed by atoms with Gasteiger partial charge in [-0.15, -0.1) is 0 Å². The van der Waals surface area contributed by atoms with Gasteiger partial charge in [-0.25, -0.2) is 0 Å². The van der Waals surface area contributed by atoms with E-state index in [1.165, 1.54) is 22.3 Å². The smallest absolute Gasteiger partial charge is 0.0971 e. The zero-order valence-corrected chi connectivity index (χ0v) is 10.5. The predicted octanol–water partition coefficient (Wildman–Crippen LogP) is 3.79. The summed E-state index contributed by atoms with van der Waals surface area (Å²) in [5, 5.41) is 0. The normalized spacial score (nSPS) is 36.3. The average molecular weight is 233 g/mol. The summed E-state index contributed by atoms with van der Waals surface area (Å²) in [5.41, 5.74) is 6.44. The molecule has 0 N–H and O–H groups in total. The zero-order chi connectivity index (χ0) is 12.3. The van der Waals surface area contributed by atoms with Crippen LogP contribution in [0.5, 0.6) is 0 Å². The number of allylic oxidation sites excluding steroid dienone is 3. The maximum absolute atomic E-state index is 5.01. The number of fused-ring (bicyclic) bond motifs is 3. The van der Waals surface area contributed by atoms with Gasteiger partial charge in [0.2, 0.25) is 0 Å². The van der Waals surface area contributed by atoms with Gasteiger partial charge >= 0.3 is 0 Å². The minimum absolute atomic E-state index is 0.0327. The van der Waals surface area contributed by atoms with Crippen LogP contribution in [-0.2, 0) is 0 Å². The van der Waals surface area contributed by atoms with Gasteiger partial charge in [0.25, 0.3) is 0 Å². The van der Waals surface area contributed by atoms with Crippen LogP contribution >= 0.6 is 0 Å². The third-order valence-corrected chi connectivity index (χ3v) is 4.35. The number of rotatable bonds is 0. The first-order valence-electron chi connectivity index (χ1n) is 6.45. The molecular formula is C17H15N. The number of aliphatic imine (C=N–C) groups is 1. The van der Waals surface area contributed by atoms with E-state index in [-0.39, 0.29) is 5.54 Å².